The van der Waals surface area contributed by atoms with Gasteiger partial charge in [0.15, 0.2) is 0 Å². The molecule has 2 rings (SSSR count). The molecule has 21 heavy (non-hydrogen) atoms. The Labute approximate surface area is 118 Å². The smallest absolute Gasteiger partial charge is 0.329 e. The van der Waals surface area contributed by atoms with Crippen LogP contribution in [0.15, 0.2) is 33.9 Å². The minimum atomic E-state index is -1.21. The number of carbonyl (C=O) groups is 2. The lowest BCUT2D eigenvalue weighted by Gasteiger charge is -2.10. The highest BCUT2D eigenvalue weighted by Gasteiger charge is 2.16. The van der Waals surface area contributed by atoms with Crippen molar-refractivity contribution >= 4 is 22.8 Å². The highest BCUT2D eigenvalue weighted by atomic mass is 16.4. The Morgan fingerprint density at radius 3 is 2.67 bits per heavy atom. The number of aromatic amines is 1. The van der Waals surface area contributed by atoms with Crippen LogP contribution < -0.4 is 16.6 Å². The van der Waals surface area contributed by atoms with Gasteiger partial charge in [-0.3, -0.25) is 19.0 Å². The Morgan fingerprint density at radius 1 is 1.33 bits per heavy atom. The van der Waals surface area contributed by atoms with E-state index in [9.17, 15) is 19.2 Å². The molecule has 1 aromatic heterocycles. The van der Waals surface area contributed by atoms with Crippen molar-refractivity contribution in [2.45, 2.75) is 19.5 Å². The van der Waals surface area contributed by atoms with E-state index in [1.165, 1.54) is 13.0 Å². The van der Waals surface area contributed by atoms with Gasteiger partial charge in [-0.25, -0.2) is 4.79 Å². The maximum absolute atomic E-state index is 12.2. The number of hydrogen-bond donors (Lipinski definition) is 3. The monoisotopic (exact) mass is 291 g/mol. The van der Waals surface area contributed by atoms with E-state index in [2.05, 4.69) is 10.3 Å². The molecular formula is C13H13N3O5. The van der Waals surface area contributed by atoms with Crippen LogP contribution >= 0.6 is 0 Å². The van der Waals surface area contributed by atoms with Gasteiger partial charge in [0.25, 0.3) is 5.56 Å². The first-order valence-electron chi connectivity index (χ1n) is 6.14. The largest absolute Gasteiger partial charge is 0.480 e. The molecule has 0 saturated heterocycles. The summed E-state index contributed by atoms with van der Waals surface area (Å²) in [6.45, 7) is 0.740. The standard InChI is InChI=1S/C13H13N3O5/c1-7(12(19)20)14-10(17)6-16-11(18)8-4-2-3-5-9(8)15-13(16)21/h2-5,7H,6H2,1H3,(H,14,17)(H,15,21)(H,19,20). The molecule has 0 aliphatic rings. The first-order chi connectivity index (χ1) is 9.90. The van der Waals surface area contributed by atoms with E-state index in [0.717, 1.165) is 4.57 Å². The van der Waals surface area contributed by atoms with Crippen molar-refractivity contribution in [1.82, 2.24) is 14.9 Å². The van der Waals surface area contributed by atoms with Gasteiger partial charge >= 0.3 is 11.7 Å². The number of rotatable bonds is 4. The van der Waals surface area contributed by atoms with Gasteiger partial charge in [0, 0.05) is 0 Å². The van der Waals surface area contributed by atoms with E-state index in [-0.39, 0.29) is 5.39 Å². The van der Waals surface area contributed by atoms with Crippen molar-refractivity contribution in [3.63, 3.8) is 0 Å². The van der Waals surface area contributed by atoms with Crippen molar-refractivity contribution in [2.75, 3.05) is 0 Å². The number of carboxylic acid groups (broad SMARTS) is 1. The number of H-pyrrole nitrogens is 1. The van der Waals surface area contributed by atoms with Gasteiger partial charge in [-0.15, -0.1) is 0 Å². The second-order valence-corrected chi connectivity index (χ2v) is 4.49. The fourth-order valence-electron chi connectivity index (χ4n) is 1.83. The predicted octanol–water partition coefficient (Wildman–Crippen LogP) is -0.721. The van der Waals surface area contributed by atoms with Crippen LogP contribution in [0.4, 0.5) is 0 Å². The normalized spacial score (nSPS) is 12.0. The SMILES string of the molecule is CC(NC(=O)Cn1c(=O)[nH]c2ccccc2c1=O)C(=O)O. The van der Waals surface area contributed by atoms with E-state index >= 15 is 0 Å². The lowest BCUT2D eigenvalue weighted by molar-refractivity contribution is -0.141. The maximum atomic E-state index is 12.2. The Kier molecular flexibility index (Phi) is 3.88. The summed E-state index contributed by atoms with van der Waals surface area (Å²) in [5.74, 6) is -1.93. The Balaban J connectivity index is 2.35. The van der Waals surface area contributed by atoms with Crippen LogP contribution in [0.1, 0.15) is 6.92 Å². The van der Waals surface area contributed by atoms with Crippen LogP contribution in [0.5, 0.6) is 0 Å². The fraction of sp³-hybridized carbons (Fsp3) is 0.231. The number of nitrogens with one attached hydrogen (secondary N) is 2. The third-order valence-corrected chi connectivity index (χ3v) is 2.94. The first kappa shape index (κ1) is 14.5. The fourth-order valence-corrected chi connectivity index (χ4v) is 1.83. The van der Waals surface area contributed by atoms with Crippen LogP contribution in [-0.2, 0) is 16.1 Å². The van der Waals surface area contributed by atoms with Gasteiger partial charge in [-0.05, 0) is 19.1 Å². The zero-order chi connectivity index (χ0) is 15.6. The van der Waals surface area contributed by atoms with Crippen molar-refractivity contribution < 1.29 is 14.7 Å². The molecule has 0 saturated carbocycles. The van der Waals surface area contributed by atoms with Crippen molar-refractivity contribution in [3.8, 4) is 0 Å². The number of para-hydroxylation sites is 1. The summed E-state index contributed by atoms with van der Waals surface area (Å²) < 4.78 is 0.728. The second kappa shape index (κ2) is 5.61. The molecule has 0 radical (unpaired) electrons. The molecule has 110 valence electrons. The summed E-state index contributed by atoms with van der Waals surface area (Å²) in [6.07, 6.45) is 0. The topological polar surface area (TPSA) is 121 Å². The van der Waals surface area contributed by atoms with Gasteiger partial charge in [0.05, 0.1) is 10.9 Å². The molecular weight excluding hydrogens is 278 g/mol. The number of fused-ring (bicyclic) bond motifs is 1. The van der Waals surface area contributed by atoms with Crippen molar-refractivity contribution in [3.05, 3.63) is 45.1 Å². The minimum Gasteiger partial charge on any atom is -0.480 e. The maximum Gasteiger partial charge on any atom is 0.329 e. The van der Waals surface area contributed by atoms with E-state index in [1.54, 1.807) is 18.2 Å². The first-order valence-corrected chi connectivity index (χ1v) is 6.14. The number of nitrogens with zero attached hydrogens (tertiary/aromatic N) is 1. The Hall–Kier alpha value is -2.90. The van der Waals surface area contributed by atoms with Crippen molar-refractivity contribution in [1.29, 1.82) is 0 Å². The Morgan fingerprint density at radius 2 is 2.00 bits per heavy atom. The van der Waals surface area contributed by atoms with E-state index in [0.29, 0.717) is 5.52 Å². The molecule has 1 atom stereocenters. The van der Waals surface area contributed by atoms with E-state index in [4.69, 9.17) is 5.11 Å². The molecule has 0 aliphatic heterocycles. The number of carboxylic acids is 1. The van der Waals surface area contributed by atoms with Crippen LogP contribution in [-0.4, -0.2) is 32.6 Å². The summed E-state index contributed by atoms with van der Waals surface area (Å²) in [5, 5.41) is 11.1. The molecule has 1 amide bonds. The minimum absolute atomic E-state index is 0.274. The number of benzene rings is 1. The Bertz CT molecular complexity index is 820. The molecule has 8 nitrogen and oxygen atoms in total. The number of aliphatic carboxylic acids is 1. The van der Waals surface area contributed by atoms with Crippen molar-refractivity contribution in [2.24, 2.45) is 0 Å². The average Bonchev–Trinajstić information content (AvgIpc) is 2.43. The molecule has 1 unspecified atom stereocenters. The van der Waals surface area contributed by atoms with Gasteiger partial charge in [-0.2, -0.15) is 0 Å². The zero-order valence-electron chi connectivity index (χ0n) is 11.1. The number of aromatic nitrogens is 2. The van der Waals surface area contributed by atoms with Crippen LogP contribution in [0.3, 0.4) is 0 Å². The third kappa shape index (κ3) is 2.99. The molecule has 3 N–H and O–H groups in total. The van der Waals surface area contributed by atoms with Gasteiger partial charge in [-0.1, -0.05) is 12.1 Å². The van der Waals surface area contributed by atoms with Crippen LogP contribution in [0.25, 0.3) is 10.9 Å². The molecule has 0 spiro atoms. The van der Waals surface area contributed by atoms with E-state index < -0.39 is 35.7 Å². The summed E-state index contributed by atoms with van der Waals surface area (Å²) in [7, 11) is 0. The molecule has 1 heterocycles. The summed E-state index contributed by atoms with van der Waals surface area (Å²) >= 11 is 0. The highest BCUT2D eigenvalue weighted by molar-refractivity contribution is 5.83. The summed E-state index contributed by atoms with van der Waals surface area (Å²) in [6, 6.07) is 5.31. The van der Waals surface area contributed by atoms with E-state index in [1.807, 2.05) is 0 Å². The quantitative estimate of drug-likeness (QED) is 0.686. The molecule has 0 aliphatic carbocycles. The number of carbonyl (C=O) groups excluding carboxylic acids is 1. The molecule has 8 heteroatoms. The summed E-state index contributed by atoms with van der Waals surface area (Å²) in [5.41, 5.74) is -0.952. The number of hydrogen-bond acceptors (Lipinski definition) is 4. The predicted molar refractivity (Wildman–Crippen MR) is 74.1 cm³/mol. The average molecular weight is 291 g/mol. The molecule has 1 aromatic carbocycles. The summed E-state index contributed by atoms with van der Waals surface area (Å²) in [4.78, 5) is 48.8. The third-order valence-electron chi connectivity index (χ3n) is 2.94. The van der Waals surface area contributed by atoms with Gasteiger partial charge in [0.2, 0.25) is 5.91 Å². The highest BCUT2D eigenvalue weighted by Crippen LogP contribution is 2.02. The van der Waals surface area contributed by atoms with Gasteiger partial charge < -0.3 is 15.4 Å². The lowest BCUT2D eigenvalue weighted by atomic mass is 10.2. The molecule has 2 aromatic rings. The molecule has 0 fully saturated rings. The van der Waals surface area contributed by atoms with Crippen LogP contribution in [0, 0.1) is 0 Å². The number of amides is 1. The second-order valence-electron chi connectivity index (χ2n) is 4.49. The lowest BCUT2D eigenvalue weighted by Crippen LogP contribution is -2.44. The molecule has 0 bridgehead atoms. The van der Waals surface area contributed by atoms with Crippen LogP contribution in [0.2, 0.25) is 0 Å². The zero-order valence-corrected chi connectivity index (χ0v) is 11.1. The van der Waals surface area contributed by atoms with Gasteiger partial charge in [0.1, 0.15) is 12.6 Å².